The van der Waals surface area contributed by atoms with Crippen molar-refractivity contribution >= 4 is 6.72 Å². The summed E-state index contributed by atoms with van der Waals surface area (Å²) in [6.45, 7) is 12.0. The van der Waals surface area contributed by atoms with Crippen LogP contribution in [0.2, 0.25) is 0 Å². The van der Waals surface area contributed by atoms with Gasteiger partial charge in [-0.3, -0.25) is 0 Å². The van der Waals surface area contributed by atoms with Crippen LogP contribution < -0.4 is 0 Å². The maximum absolute atomic E-state index is 9.96. The fraction of sp³-hybridized carbons (Fsp3) is 0.348. The van der Waals surface area contributed by atoms with Gasteiger partial charge in [0.05, 0.1) is 0 Å². The van der Waals surface area contributed by atoms with Gasteiger partial charge in [0, 0.05) is 24.0 Å². The Morgan fingerprint density at radius 3 is 2.40 bits per heavy atom. The minimum Gasteiger partial charge on any atom is -0.508 e. The van der Waals surface area contributed by atoms with Crippen molar-refractivity contribution in [1.82, 2.24) is 0 Å². The van der Waals surface area contributed by atoms with Gasteiger partial charge in [-0.15, -0.1) is 6.42 Å². The highest BCUT2D eigenvalue weighted by atomic mass is 16.3. The van der Waals surface area contributed by atoms with E-state index in [1.807, 2.05) is 26.0 Å². The van der Waals surface area contributed by atoms with Crippen molar-refractivity contribution in [3.05, 3.63) is 64.7 Å². The SMILES string of the molecule is C#Cc1ccc(CC[N+](=C)CCCc2ccccc2C)c(O)c1.CC. The van der Waals surface area contributed by atoms with E-state index in [0.717, 1.165) is 37.9 Å². The Bertz CT molecular complexity index is 725. The summed E-state index contributed by atoms with van der Waals surface area (Å²) < 4.78 is 2.06. The predicted molar refractivity (Wildman–Crippen MR) is 108 cm³/mol. The number of hydrogen-bond donors (Lipinski definition) is 1. The van der Waals surface area contributed by atoms with Gasteiger partial charge >= 0.3 is 0 Å². The van der Waals surface area contributed by atoms with Crippen LogP contribution in [0.3, 0.4) is 0 Å². The number of nitrogens with zero attached hydrogens (tertiary/aromatic N) is 1. The third-order valence-corrected chi connectivity index (χ3v) is 4.13. The molecule has 0 radical (unpaired) electrons. The first-order valence-corrected chi connectivity index (χ1v) is 8.98. The average Bonchev–Trinajstić information content (AvgIpc) is 2.64. The number of phenolic OH excluding ortho intramolecular Hbond substituents is 1. The number of aromatic hydroxyl groups is 1. The Morgan fingerprint density at radius 1 is 1.04 bits per heavy atom. The fourth-order valence-electron chi connectivity index (χ4n) is 2.64. The molecule has 0 heterocycles. The maximum atomic E-state index is 9.96. The van der Waals surface area contributed by atoms with E-state index in [4.69, 9.17) is 6.42 Å². The Morgan fingerprint density at radius 2 is 1.76 bits per heavy atom. The summed E-state index contributed by atoms with van der Waals surface area (Å²) in [7, 11) is 0. The molecule has 0 unspecified atom stereocenters. The van der Waals surface area contributed by atoms with Crippen molar-refractivity contribution in [1.29, 1.82) is 0 Å². The molecule has 25 heavy (non-hydrogen) atoms. The topological polar surface area (TPSA) is 23.2 Å². The van der Waals surface area contributed by atoms with E-state index in [1.165, 1.54) is 11.1 Å². The van der Waals surface area contributed by atoms with E-state index < -0.39 is 0 Å². The lowest BCUT2D eigenvalue weighted by Gasteiger charge is -2.07. The summed E-state index contributed by atoms with van der Waals surface area (Å²) in [4.78, 5) is 0. The molecule has 1 N–H and O–H groups in total. The summed E-state index contributed by atoms with van der Waals surface area (Å²) in [5.41, 5.74) is 4.37. The van der Waals surface area contributed by atoms with Crippen LogP contribution in [-0.4, -0.2) is 29.5 Å². The van der Waals surface area contributed by atoms with Crippen molar-refractivity contribution in [2.75, 3.05) is 13.1 Å². The highest BCUT2D eigenvalue weighted by Gasteiger charge is 2.07. The molecule has 0 saturated heterocycles. The number of benzene rings is 2. The first kappa shape index (κ1) is 20.5. The van der Waals surface area contributed by atoms with Gasteiger partial charge in [-0.2, -0.15) is 0 Å². The number of terminal acetylenes is 1. The second-order valence-corrected chi connectivity index (χ2v) is 5.89. The van der Waals surface area contributed by atoms with Gasteiger partial charge < -0.3 is 5.11 Å². The van der Waals surface area contributed by atoms with E-state index in [9.17, 15) is 5.11 Å². The van der Waals surface area contributed by atoms with Gasteiger partial charge in [0.25, 0.3) is 0 Å². The summed E-state index contributed by atoms with van der Waals surface area (Å²) in [6, 6.07) is 13.9. The molecular weight excluding hydrogens is 306 g/mol. The zero-order valence-corrected chi connectivity index (χ0v) is 15.8. The van der Waals surface area contributed by atoms with Crippen LogP contribution in [0.4, 0.5) is 0 Å². The van der Waals surface area contributed by atoms with Crippen LogP contribution in [-0.2, 0) is 12.8 Å². The molecule has 0 aliphatic rings. The molecule has 0 aliphatic carbocycles. The minimum absolute atomic E-state index is 0.272. The largest absolute Gasteiger partial charge is 0.508 e. The molecule has 0 atom stereocenters. The van der Waals surface area contributed by atoms with Gasteiger partial charge in [0.15, 0.2) is 0 Å². The predicted octanol–water partition coefficient (Wildman–Crippen LogP) is 4.60. The van der Waals surface area contributed by atoms with Crippen LogP contribution in [0.15, 0.2) is 42.5 Å². The summed E-state index contributed by atoms with van der Waals surface area (Å²) in [5, 5.41) is 9.96. The zero-order chi connectivity index (χ0) is 18.7. The Kier molecular flexibility index (Phi) is 9.11. The molecule has 0 bridgehead atoms. The van der Waals surface area contributed by atoms with Crippen molar-refractivity contribution in [2.24, 2.45) is 0 Å². The maximum Gasteiger partial charge on any atom is 0.146 e. The zero-order valence-electron chi connectivity index (χ0n) is 15.8. The number of hydrogen-bond acceptors (Lipinski definition) is 1. The molecule has 2 nitrogen and oxygen atoms in total. The fourth-order valence-corrected chi connectivity index (χ4v) is 2.64. The number of rotatable bonds is 7. The van der Waals surface area contributed by atoms with E-state index in [2.05, 4.69) is 48.4 Å². The second-order valence-electron chi connectivity index (χ2n) is 5.89. The smallest absolute Gasteiger partial charge is 0.146 e. The minimum atomic E-state index is 0.272. The number of aryl methyl sites for hydroxylation is 2. The molecule has 2 rings (SSSR count). The standard InChI is InChI=1S/C21H23NO.C2H6/c1-4-18-11-12-20(21(23)16-18)13-15-22(3)14-7-10-19-9-6-5-8-17(19)2;1-2/h1,5-6,8-9,11-12,16H,3,7,10,13-15H2,2H3;1-2H3/p+1. The summed E-state index contributed by atoms with van der Waals surface area (Å²) in [5.74, 6) is 2.80. The highest BCUT2D eigenvalue weighted by Crippen LogP contribution is 2.19. The Balaban J connectivity index is 0.00000151. The molecule has 0 aliphatic heterocycles. The monoisotopic (exact) mass is 336 g/mol. The Labute approximate surface area is 152 Å². The molecule has 2 heteroatoms. The van der Waals surface area contributed by atoms with Crippen LogP contribution in [0.1, 0.15) is 42.5 Å². The first-order chi connectivity index (χ1) is 12.1. The highest BCUT2D eigenvalue weighted by molar-refractivity contribution is 5.43. The van der Waals surface area contributed by atoms with E-state index >= 15 is 0 Å². The van der Waals surface area contributed by atoms with E-state index in [-0.39, 0.29) is 5.75 Å². The molecule has 132 valence electrons. The molecule has 2 aromatic rings. The first-order valence-electron chi connectivity index (χ1n) is 8.98. The van der Waals surface area contributed by atoms with Crippen LogP contribution in [0.5, 0.6) is 5.75 Å². The van der Waals surface area contributed by atoms with E-state index in [0.29, 0.717) is 5.56 Å². The summed E-state index contributed by atoms with van der Waals surface area (Å²) in [6.07, 6.45) is 8.24. The lowest BCUT2D eigenvalue weighted by Crippen LogP contribution is -2.15. The van der Waals surface area contributed by atoms with Crippen molar-refractivity contribution in [3.8, 4) is 18.1 Å². The van der Waals surface area contributed by atoms with Gasteiger partial charge in [0.2, 0.25) is 0 Å². The molecule has 0 amide bonds. The van der Waals surface area contributed by atoms with Gasteiger partial charge in [-0.05, 0) is 36.6 Å². The van der Waals surface area contributed by atoms with E-state index in [1.54, 1.807) is 6.07 Å². The quantitative estimate of drug-likeness (QED) is 0.446. The second kappa shape index (κ2) is 11.1. The van der Waals surface area contributed by atoms with Crippen LogP contribution in [0.25, 0.3) is 0 Å². The van der Waals surface area contributed by atoms with Crippen LogP contribution >= 0.6 is 0 Å². The molecule has 0 fully saturated rings. The van der Waals surface area contributed by atoms with Crippen molar-refractivity contribution in [3.63, 3.8) is 0 Å². The third-order valence-electron chi connectivity index (χ3n) is 4.13. The van der Waals surface area contributed by atoms with Crippen molar-refractivity contribution < 1.29 is 9.68 Å². The van der Waals surface area contributed by atoms with Gasteiger partial charge in [-0.1, -0.05) is 50.1 Å². The van der Waals surface area contributed by atoms with Gasteiger partial charge in [-0.25, -0.2) is 4.58 Å². The third kappa shape index (κ3) is 6.85. The Hall–Kier alpha value is -2.53. The molecule has 2 aromatic carbocycles. The van der Waals surface area contributed by atoms with Crippen molar-refractivity contribution in [2.45, 2.75) is 40.0 Å². The van der Waals surface area contributed by atoms with Gasteiger partial charge in [0.1, 0.15) is 25.6 Å². The normalized spacial score (nSPS) is 9.68. The lowest BCUT2D eigenvalue weighted by molar-refractivity contribution is -0.519. The molecular formula is C23H30NO+. The molecule has 0 aromatic heterocycles. The number of phenols is 1. The lowest BCUT2D eigenvalue weighted by atomic mass is 10.0. The summed E-state index contributed by atoms with van der Waals surface area (Å²) >= 11 is 0. The van der Waals surface area contributed by atoms with Crippen LogP contribution in [0, 0.1) is 19.3 Å². The average molecular weight is 336 g/mol. The molecule has 0 spiro atoms. The molecule has 0 saturated carbocycles.